The van der Waals surface area contributed by atoms with Gasteiger partial charge in [-0.15, -0.1) is 0 Å². The maximum atomic E-state index is 11.9. The molecule has 0 spiro atoms. The molecule has 2 nitrogen and oxygen atoms in total. The molecular formula is C14H21NOS. The van der Waals surface area contributed by atoms with Crippen molar-refractivity contribution in [3.63, 3.8) is 0 Å². The van der Waals surface area contributed by atoms with Crippen LogP contribution in [-0.2, 0) is 17.2 Å². The zero-order chi connectivity index (χ0) is 12.5. The lowest BCUT2D eigenvalue weighted by Crippen LogP contribution is -2.52. The van der Waals surface area contributed by atoms with E-state index in [0.717, 1.165) is 17.9 Å². The number of hydrogen-bond acceptors (Lipinski definition) is 2. The van der Waals surface area contributed by atoms with Gasteiger partial charge in [0.05, 0.1) is 0 Å². The third-order valence-corrected chi connectivity index (χ3v) is 4.98. The van der Waals surface area contributed by atoms with Gasteiger partial charge >= 0.3 is 0 Å². The van der Waals surface area contributed by atoms with Crippen molar-refractivity contribution in [1.82, 2.24) is 5.32 Å². The number of rotatable bonds is 2. The Morgan fingerprint density at radius 3 is 2.53 bits per heavy atom. The summed E-state index contributed by atoms with van der Waals surface area (Å²) >= 11 is 0. The summed E-state index contributed by atoms with van der Waals surface area (Å²) in [5.41, 5.74) is 2.57. The Balaban J connectivity index is 2.18. The summed E-state index contributed by atoms with van der Waals surface area (Å²) in [7, 11) is -0.710. The molecular weight excluding hydrogens is 230 g/mol. The molecule has 1 saturated heterocycles. The van der Waals surface area contributed by atoms with Gasteiger partial charge < -0.3 is 5.32 Å². The second kappa shape index (κ2) is 4.91. The molecule has 1 aliphatic rings. The molecule has 17 heavy (non-hydrogen) atoms. The highest BCUT2D eigenvalue weighted by Gasteiger charge is 2.31. The first kappa shape index (κ1) is 12.8. The predicted octanol–water partition coefficient (Wildman–Crippen LogP) is 2.42. The molecule has 1 fully saturated rings. The van der Waals surface area contributed by atoms with Crippen LogP contribution in [0.5, 0.6) is 0 Å². The molecule has 0 radical (unpaired) electrons. The molecule has 1 aromatic rings. The minimum absolute atomic E-state index is 0.0306. The molecule has 0 bridgehead atoms. The van der Waals surface area contributed by atoms with Crippen LogP contribution in [-0.4, -0.2) is 21.3 Å². The van der Waals surface area contributed by atoms with Crippen molar-refractivity contribution in [1.29, 1.82) is 0 Å². The zero-order valence-electron chi connectivity index (χ0n) is 10.8. The van der Waals surface area contributed by atoms with E-state index in [1.807, 2.05) is 0 Å². The van der Waals surface area contributed by atoms with Crippen molar-refractivity contribution >= 4 is 10.8 Å². The largest absolute Gasteiger partial charge is 0.303 e. The second-order valence-corrected chi connectivity index (χ2v) is 6.93. The van der Waals surface area contributed by atoms with E-state index >= 15 is 0 Å². The summed E-state index contributed by atoms with van der Waals surface area (Å²) in [6, 6.07) is 8.89. The number of aryl methyl sites for hydroxylation is 1. The van der Waals surface area contributed by atoms with E-state index < -0.39 is 10.8 Å². The van der Waals surface area contributed by atoms with Crippen molar-refractivity contribution in [2.75, 3.05) is 11.5 Å². The fourth-order valence-corrected chi connectivity index (χ4v) is 4.02. The lowest BCUT2D eigenvalue weighted by Gasteiger charge is -2.36. The molecule has 2 rings (SSSR count). The van der Waals surface area contributed by atoms with Crippen molar-refractivity contribution < 1.29 is 4.21 Å². The minimum atomic E-state index is -0.710. The van der Waals surface area contributed by atoms with E-state index in [1.54, 1.807) is 0 Å². The first-order chi connectivity index (χ1) is 8.00. The fraction of sp³-hybridized carbons (Fsp3) is 0.571. The molecule has 0 aliphatic carbocycles. The quantitative estimate of drug-likeness (QED) is 0.874. The summed E-state index contributed by atoms with van der Waals surface area (Å²) in [4.78, 5) is 0. The SMILES string of the molecule is CCc1ccc(C2CS(=O)CC(C)(C)N2)cc1. The van der Waals surface area contributed by atoms with Crippen LogP contribution in [0.1, 0.15) is 37.9 Å². The van der Waals surface area contributed by atoms with Crippen LogP contribution < -0.4 is 5.32 Å². The van der Waals surface area contributed by atoms with Gasteiger partial charge in [-0.05, 0) is 31.4 Å². The smallest absolute Gasteiger partial charge is 0.0441 e. The van der Waals surface area contributed by atoms with Gasteiger partial charge in [0.1, 0.15) is 0 Å². The van der Waals surface area contributed by atoms with E-state index in [-0.39, 0.29) is 11.6 Å². The van der Waals surface area contributed by atoms with Gasteiger partial charge in [0.2, 0.25) is 0 Å². The van der Waals surface area contributed by atoms with E-state index in [4.69, 9.17) is 0 Å². The predicted molar refractivity (Wildman–Crippen MR) is 73.7 cm³/mol. The first-order valence-electron chi connectivity index (χ1n) is 6.22. The van der Waals surface area contributed by atoms with Gasteiger partial charge in [0.15, 0.2) is 0 Å². The molecule has 0 saturated carbocycles. The van der Waals surface area contributed by atoms with Gasteiger partial charge in [-0.2, -0.15) is 0 Å². The van der Waals surface area contributed by atoms with Crippen molar-refractivity contribution in [2.24, 2.45) is 0 Å². The summed E-state index contributed by atoms with van der Waals surface area (Å²) in [5.74, 6) is 1.48. The molecule has 2 atom stereocenters. The topological polar surface area (TPSA) is 29.1 Å². The number of nitrogens with one attached hydrogen (secondary N) is 1. The highest BCUT2D eigenvalue weighted by atomic mass is 32.2. The third kappa shape index (κ3) is 3.17. The summed E-state index contributed by atoms with van der Waals surface area (Å²) in [6.45, 7) is 6.40. The van der Waals surface area contributed by atoms with E-state index in [0.29, 0.717) is 0 Å². The average Bonchev–Trinajstić information content (AvgIpc) is 2.26. The van der Waals surface area contributed by atoms with Crippen LogP contribution in [0.2, 0.25) is 0 Å². The molecule has 0 aromatic heterocycles. The van der Waals surface area contributed by atoms with Crippen LogP contribution in [0.3, 0.4) is 0 Å². The molecule has 3 heteroatoms. The Kier molecular flexibility index (Phi) is 3.69. The lowest BCUT2D eigenvalue weighted by molar-refractivity contribution is 0.369. The number of hydrogen-bond donors (Lipinski definition) is 1. The van der Waals surface area contributed by atoms with Gasteiger partial charge in [0.25, 0.3) is 0 Å². The number of benzene rings is 1. The van der Waals surface area contributed by atoms with Crippen molar-refractivity contribution in [3.05, 3.63) is 35.4 Å². The Labute approximate surface area is 106 Å². The Morgan fingerprint density at radius 2 is 2.00 bits per heavy atom. The van der Waals surface area contributed by atoms with E-state index in [2.05, 4.69) is 50.4 Å². The monoisotopic (exact) mass is 251 g/mol. The standard InChI is InChI=1S/C14H21NOS/c1-4-11-5-7-12(8-6-11)13-9-17(16)10-14(2,3)15-13/h5-8,13,15H,4,9-10H2,1-3H3. The van der Waals surface area contributed by atoms with Crippen LogP contribution in [0.25, 0.3) is 0 Å². The van der Waals surface area contributed by atoms with Crippen LogP contribution in [0.4, 0.5) is 0 Å². The normalized spacial score (nSPS) is 27.9. The van der Waals surface area contributed by atoms with Gasteiger partial charge in [-0.1, -0.05) is 31.2 Å². The van der Waals surface area contributed by atoms with Crippen LogP contribution >= 0.6 is 0 Å². The Bertz CT molecular complexity index is 411. The highest BCUT2D eigenvalue weighted by Crippen LogP contribution is 2.24. The second-order valence-electron chi connectivity index (χ2n) is 5.43. The Morgan fingerprint density at radius 1 is 1.35 bits per heavy atom. The molecule has 94 valence electrons. The highest BCUT2D eigenvalue weighted by molar-refractivity contribution is 7.85. The van der Waals surface area contributed by atoms with Gasteiger partial charge in [-0.25, -0.2) is 0 Å². The first-order valence-corrected chi connectivity index (χ1v) is 7.70. The van der Waals surface area contributed by atoms with Crippen LogP contribution in [0.15, 0.2) is 24.3 Å². The fourth-order valence-electron chi connectivity index (χ4n) is 2.37. The molecule has 0 amide bonds. The van der Waals surface area contributed by atoms with Crippen LogP contribution in [0, 0.1) is 0 Å². The molecule has 1 aliphatic heterocycles. The van der Waals surface area contributed by atoms with Crippen molar-refractivity contribution in [3.8, 4) is 0 Å². The molecule has 1 heterocycles. The minimum Gasteiger partial charge on any atom is -0.303 e. The Hall–Kier alpha value is -0.670. The zero-order valence-corrected chi connectivity index (χ0v) is 11.6. The molecule has 2 unspecified atom stereocenters. The molecule has 1 N–H and O–H groups in total. The van der Waals surface area contributed by atoms with E-state index in [9.17, 15) is 4.21 Å². The summed E-state index contributed by atoms with van der Waals surface area (Å²) in [5, 5.41) is 3.58. The summed E-state index contributed by atoms with van der Waals surface area (Å²) < 4.78 is 11.9. The lowest BCUT2D eigenvalue weighted by atomic mass is 10.0. The third-order valence-electron chi connectivity index (χ3n) is 3.23. The van der Waals surface area contributed by atoms with E-state index in [1.165, 1.54) is 11.1 Å². The molecule has 1 aromatic carbocycles. The van der Waals surface area contributed by atoms with Gasteiger partial charge in [0, 0.05) is 33.9 Å². The summed E-state index contributed by atoms with van der Waals surface area (Å²) in [6.07, 6.45) is 1.07. The van der Waals surface area contributed by atoms with Crippen molar-refractivity contribution in [2.45, 2.75) is 38.8 Å². The average molecular weight is 251 g/mol. The maximum Gasteiger partial charge on any atom is 0.0441 e. The maximum absolute atomic E-state index is 11.9. The van der Waals surface area contributed by atoms with Gasteiger partial charge in [-0.3, -0.25) is 4.21 Å².